The molecule has 0 radical (unpaired) electrons. The van der Waals surface area contributed by atoms with Crippen molar-refractivity contribution >= 4 is 29.1 Å². The molecule has 0 saturated carbocycles. The first kappa shape index (κ1) is 17.7. The zero-order valence-corrected chi connectivity index (χ0v) is 14.3. The van der Waals surface area contributed by atoms with Gasteiger partial charge in [0.15, 0.2) is 0 Å². The third-order valence-electron chi connectivity index (χ3n) is 3.62. The first-order valence-electron chi connectivity index (χ1n) is 7.79. The third kappa shape index (κ3) is 4.29. The van der Waals surface area contributed by atoms with Crippen LogP contribution in [0, 0.1) is 5.82 Å². The fourth-order valence-corrected chi connectivity index (χ4v) is 2.54. The molecule has 0 aliphatic heterocycles. The predicted octanol–water partition coefficient (Wildman–Crippen LogP) is 3.64. The predicted molar refractivity (Wildman–Crippen MR) is 98.1 cm³/mol. The highest BCUT2D eigenvalue weighted by Gasteiger charge is 2.10. The lowest BCUT2D eigenvalue weighted by molar-refractivity contribution is -0.115. The van der Waals surface area contributed by atoms with Gasteiger partial charge in [0.1, 0.15) is 5.82 Å². The van der Waals surface area contributed by atoms with Crippen LogP contribution >= 0.6 is 11.6 Å². The van der Waals surface area contributed by atoms with Crippen LogP contribution in [0.2, 0.25) is 5.02 Å². The molecule has 0 bridgehead atoms. The molecule has 0 atom stereocenters. The molecule has 0 aliphatic carbocycles. The van der Waals surface area contributed by atoms with Crippen LogP contribution in [0.1, 0.15) is 10.4 Å². The maximum absolute atomic E-state index is 13.1. The topological polar surface area (TPSA) is 63.1 Å². The Labute approximate surface area is 154 Å². The number of aromatic nitrogens is 1. The minimum atomic E-state index is -0.569. The molecule has 0 saturated heterocycles. The molecule has 132 valence electrons. The summed E-state index contributed by atoms with van der Waals surface area (Å²) in [7, 11) is 0. The largest absolute Gasteiger partial charge is 0.343 e. The molecule has 3 rings (SSSR count). The third-order valence-corrected chi connectivity index (χ3v) is 3.91. The van der Waals surface area contributed by atoms with Gasteiger partial charge in [-0.15, -0.1) is 0 Å². The monoisotopic (exact) mass is 371 g/mol. The summed E-state index contributed by atoms with van der Waals surface area (Å²) in [6, 6.07) is 14.7. The summed E-state index contributed by atoms with van der Waals surface area (Å²) in [5.74, 6) is -1.38. The number of rotatable bonds is 5. The fourth-order valence-electron chi connectivity index (χ4n) is 2.36. The molecule has 7 heteroatoms. The van der Waals surface area contributed by atoms with E-state index in [1.165, 1.54) is 12.1 Å². The number of nitrogens with one attached hydrogen (secondary N) is 2. The summed E-state index contributed by atoms with van der Waals surface area (Å²) in [6.07, 6.45) is 3.75. The molecule has 0 spiro atoms. The van der Waals surface area contributed by atoms with E-state index in [2.05, 4.69) is 10.6 Å². The fraction of sp³-hybridized carbons (Fsp3) is 0.0526. The first-order chi connectivity index (χ1) is 12.5. The van der Waals surface area contributed by atoms with Gasteiger partial charge in [-0.3, -0.25) is 9.59 Å². The van der Waals surface area contributed by atoms with E-state index in [9.17, 15) is 14.0 Å². The van der Waals surface area contributed by atoms with Crippen LogP contribution in [0.25, 0.3) is 5.69 Å². The van der Waals surface area contributed by atoms with Crippen molar-refractivity contribution in [2.45, 2.75) is 0 Å². The van der Waals surface area contributed by atoms with Gasteiger partial charge in [0.25, 0.3) is 5.91 Å². The zero-order chi connectivity index (χ0) is 18.5. The summed E-state index contributed by atoms with van der Waals surface area (Å²) < 4.78 is 15.0. The van der Waals surface area contributed by atoms with E-state index in [0.717, 1.165) is 11.8 Å². The number of amides is 2. The highest BCUT2D eigenvalue weighted by atomic mass is 35.5. The standard InChI is InChI=1S/C19H15ClFN3O2/c20-16-11-14(6-7-17(16)21)23-18(25)12-22-19(26)13-4-3-5-15(10-13)24-8-1-2-9-24/h1-11H,12H2,(H,22,26)(H,23,25). The van der Waals surface area contributed by atoms with Crippen LogP contribution in [0.15, 0.2) is 67.0 Å². The Morgan fingerprint density at radius 1 is 1.04 bits per heavy atom. The number of hydrogen-bond acceptors (Lipinski definition) is 2. The second-order valence-electron chi connectivity index (χ2n) is 5.50. The van der Waals surface area contributed by atoms with Crippen LogP contribution in [0.5, 0.6) is 0 Å². The van der Waals surface area contributed by atoms with Crippen molar-refractivity contribution in [1.82, 2.24) is 9.88 Å². The number of anilines is 1. The SMILES string of the molecule is O=C(CNC(=O)c1cccc(-n2cccc2)c1)Nc1ccc(F)c(Cl)c1. The average molecular weight is 372 g/mol. The van der Waals surface area contributed by atoms with E-state index >= 15 is 0 Å². The summed E-state index contributed by atoms with van der Waals surface area (Å²) in [6.45, 7) is -0.221. The molecule has 0 fully saturated rings. The summed E-state index contributed by atoms with van der Waals surface area (Å²) in [5, 5.41) is 5.00. The maximum Gasteiger partial charge on any atom is 0.251 e. The number of carbonyl (C=O) groups excluding carboxylic acids is 2. The molecule has 26 heavy (non-hydrogen) atoms. The lowest BCUT2D eigenvalue weighted by Crippen LogP contribution is -2.32. The van der Waals surface area contributed by atoms with Crippen molar-refractivity contribution in [1.29, 1.82) is 0 Å². The second kappa shape index (κ2) is 7.84. The highest BCUT2D eigenvalue weighted by molar-refractivity contribution is 6.31. The summed E-state index contributed by atoms with van der Waals surface area (Å²) in [4.78, 5) is 24.2. The number of benzene rings is 2. The second-order valence-corrected chi connectivity index (χ2v) is 5.91. The molecule has 2 aromatic carbocycles. The van der Waals surface area contributed by atoms with E-state index < -0.39 is 11.7 Å². The van der Waals surface area contributed by atoms with Crippen molar-refractivity contribution in [3.05, 3.63) is 83.4 Å². The normalized spacial score (nSPS) is 10.4. The molecule has 5 nitrogen and oxygen atoms in total. The maximum atomic E-state index is 13.1. The van der Waals surface area contributed by atoms with E-state index in [1.807, 2.05) is 35.2 Å². The van der Waals surface area contributed by atoms with Crippen LogP contribution in [0.3, 0.4) is 0 Å². The number of carbonyl (C=O) groups is 2. The minimum absolute atomic E-state index is 0.0892. The lowest BCUT2D eigenvalue weighted by Gasteiger charge is -2.09. The van der Waals surface area contributed by atoms with Gasteiger partial charge in [-0.25, -0.2) is 4.39 Å². The van der Waals surface area contributed by atoms with Gasteiger partial charge in [0, 0.05) is 29.3 Å². The smallest absolute Gasteiger partial charge is 0.251 e. The van der Waals surface area contributed by atoms with Crippen LogP contribution in [0.4, 0.5) is 10.1 Å². The lowest BCUT2D eigenvalue weighted by atomic mass is 10.2. The Balaban J connectivity index is 1.59. The van der Waals surface area contributed by atoms with E-state index in [1.54, 1.807) is 18.2 Å². The molecular weight excluding hydrogens is 357 g/mol. The summed E-state index contributed by atoms with van der Waals surface area (Å²) in [5.41, 5.74) is 1.63. The van der Waals surface area contributed by atoms with Gasteiger partial charge in [-0.1, -0.05) is 17.7 Å². The highest BCUT2D eigenvalue weighted by Crippen LogP contribution is 2.19. The minimum Gasteiger partial charge on any atom is -0.343 e. The van der Waals surface area contributed by atoms with Gasteiger partial charge < -0.3 is 15.2 Å². The van der Waals surface area contributed by atoms with Crippen LogP contribution in [-0.2, 0) is 4.79 Å². The Hall–Kier alpha value is -3.12. The molecule has 2 N–H and O–H groups in total. The molecule has 3 aromatic rings. The molecule has 1 aromatic heterocycles. The number of hydrogen-bond donors (Lipinski definition) is 2. The van der Waals surface area contributed by atoms with Crippen LogP contribution < -0.4 is 10.6 Å². The van der Waals surface area contributed by atoms with Crippen molar-refractivity contribution < 1.29 is 14.0 Å². The van der Waals surface area contributed by atoms with Gasteiger partial charge in [-0.05, 0) is 48.5 Å². The molecular formula is C19H15ClFN3O2. The molecule has 2 amide bonds. The van der Waals surface area contributed by atoms with E-state index in [-0.39, 0.29) is 17.5 Å². The Kier molecular flexibility index (Phi) is 5.34. The Morgan fingerprint density at radius 3 is 2.54 bits per heavy atom. The quantitative estimate of drug-likeness (QED) is 0.719. The van der Waals surface area contributed by atoms with E-state index in [4.69, 9.17) is 11.6 Å². The van der Waals surface area contributed by atoms with Crippen LogP contribution in [-0.4, -0.2) is 22.9 Å². The number of halogens is 2. The van der Waals surface area contributed by atoms with E-state index in [0.29, 0.717) is 11.3 Å². The van der Waals surface area contributed by atoms with Gasteiger partial charge >= 0.3 is 0 Å². The molecule has 0 aliphatic rings. The van der Waals surface area contributed by atoms with Crippen molar-refractivity contribution in [3.8, 4) is 5.69 Å². The summed E-state index contributed by atoms with van der Waals surface area (Å²) >= 11 is 5.66. The van der Waals surface area contributed by atoms with Crippen molar-refractivity contribution in [2.75, 3.05) is 11.9 Å². The molecule has 0 unspecified atom stereocenters. The van der Waals surface area contributed by atoms with Gasteiger partial charge in [0.05, 0.1) is 11.6 Å². The zero-order valence-electron chi connectivity index (χ0n) is 13.6. The average Bonchev–Trinajstić information content (AvgIpc) is 3.18. The number of nitrogens with zero attached hydrogens (tertiary/aromatic N) is 1. The van der Waals surface area contributed by atoms with Crippen molar-refractivity contribution in [3.63, 3.8) is 0 Å². The van der Waals surface area contributed by atoms with Crippen molar-refractivity contribution in [2.24, 2.45) is 0 Å². The Bertz CT molecular complexity index is 942. The Morgan fingerprint density at radius 2 is 1.81 bits per heavy atom. The van der Waals surface area contributed by atoms with Gasteiger partial charge in [-0.2, -0.15) is 0 Å². The van der Waals surface area contributed by atoms with Gasteiger partial charge in [0.2, 0.25) is 5.91 Å². The first-order valence-corrected chi connectivity index (χ1v) is 8.17. The molecule has 1 heterocycles.